The summed E-state index contributed by atoms with van der Waals surface area (Å²) >= 11 is 18.6. The van der Waals surface area contributed by atoms with Crippen LogP contribution >= 0.6 is 34.8 Å². The number of fused-ring (bicyclic) bond motifs is 3. The van der Waals surface area contributed by atoms with E-state index in [1.165, 1.54) is 0 Å². The third-order valence-electron chi connectivity index (χ3n) is 6.92. The number of hydrogen-bond donors (Lipinski definition) is 1. The lowest BCUT2D eigenvalue weighted by Crippen LogP contribution is -2.48. The second-order valence-corrected chi connectivity index (χ2v) is 10.6. The van der Waals surface area contributed by atoms with E-state index in [0.717, 1.165) is 35.5 Å². The highest BCUT2D eigenvalue weighted by Crippen LogP contribution is 2.43. The Balaban J connectivity index is 1.36. The molecule has 0 spiro atoms. The van der Waals surface area contributed by atoms with E-state index >= 15 is 0 Å². The summed E-state index contributed by atoms with van der Waals surface area (Å²) in [5, 5.41) is 4.07. The average molecular weight is 566 g/mol. The van der Waals surface area contributed by atoms with Gasteiger partial charge in [0.15, 0.2) is 0 Å². The number of hydrogen-bond acceptors (Lipinski definition) is 2. The van der Waals surface area contributed by atoms with Gasteiger partial charge in [-0.2, -0.15) is 0 Å². The molecule has 1 aliphatic carbocycles. The quantitative estimate of drug-likeness (QED) is 0.271. The number of para-hydroxylation sites is 2. The van der Waals surface area contributed by atoms with Crippen LogP contribution in [0.5, 0.6) is 0 Å². The Morgan fingerprint density at radius 1 is 0.868 bits per heavy atom. The van der Waals surface area contributed by atoms with E-state index in [-0.39, 0.29) is 29.5 Å². The Labute approximate surface area is 235 Å². The van der Waals surface area contributed by atoms with E-state index in [9.17, 15) is 9.59 Å². The van der Waals surface area contributed by atoms with Crippen molar-refractivity contribution in [2.24, 2.45) is 0 Å². The number of benzene rings is 3. The molecule has 1 N–H and O–H groups in total. The van der Waals surface area contributed by atoms with Crippen LogP contribution in [0.1, 0.15) is 30.1 Å². The number of halogens is 3. The minimum atomic E-state index is -0.392. The van der Waals surface area contributed by atoms with Crippen molar-refractivity contribution in [2.45, 2.75) is 24.9 Å². The third-order valence-corrected chi connectivity index (χ3v) is 7.99. The summed E-state index contributed by atoms with van der Waals surface area (Å²) in [4.78, 5) is 31.0. The van der Waals surface area contributed by atoms with E-state index in [4.69, 9.17) is 34.8 Å². The van der Waals surface area contributed by atoms with Gasteiger partial charge < -0.3 is 14.8 Å². The number of nitrogens with one attached hydrogen (secondary N) is 1. The van der Waals surface area contributed by atoms with Crippen molar-refractivity contribution in [3.8, 4) is 5.69 Å². The van der Waals surface area contributed by atoms with Gasteiger partial charge in [-0.25, -0.2) is 4.79 Å². The predicted molar refractivity (Wildman–Crippen MR) is 152 cm³/mol. The molecule has 0 radical (unpaired) electrons. The standard InChI is InChI=1S/C29H23Cl3N4O2/c30-19-12-10-18(11-13-19)28-25-9-4-16-34(25)23-7-1-2-8-24(23)36(28)26(37)17-35(20-14-15-20)29(38)33-22-6-3-5-21(31)27(22)32/h1-13,16,20,28H,14-15,17H2,(H,33,38)/t28-/m1/s1. The van der Waals surface area contributed by atoms with Crippen molar-refractivity contribution in [3.63, 3.8) is 0 Å². The molecule has 1 fully saturated rings. The zero-order valence-electron chi connectivity index (χ0n) is 20.2. The predicted octanol–water partition coefficient (Wildman–Crippen LogP) is 7.57. The topological polar surface area (TPSA) is 57.6 Å². The molecule has 1 atom stereocenters. The molecule has 192 valence electrons. The fraction of sp³-hybridized carbons (Fsp3) is 0.172. The fourth-order valence-corrected chi connectivity index (χ4v) is 5.46. The molecular formula is C29H23Cl3N4O2. The van der Waals surface area contributed by atoms with Crippen LogP contribution < -0.4 is 10.2 Å². The lowest BCUT2D eigenvalue weighted by molar-refractivity contribution is -0.119. The lowest BCUT2D eigenvalue weighted by atomic mass is 9.97. The van der Waals surface area contributed by atoms with Crippen molar-refractivity contribution in [1.29, 1.82) is 0 Å². The molecular weight excluding hydrogens is 543 g/mol. The SMILES string of the molecule is O=C(Nc1cccc(Cl)c1Cl)N(CC(=O)N1c2ccccc2-n2cccc2[C@H]1c1ccc(Cl)cc1)C1CC1. The number of amides is 3. The van der Waals surface area contributed by atoms with Crippen molar-refractivity contribution in [2.75, 3.05) is 16.8 Å². The zero-order valence-corrected chi connectivity index (χ0v) is 22.4. The van der Waals surface area contributed by atoms with Gasteiger partial charge >= 0.3 is 6.03 Å². The second-order valence-electron chi connectivity index (χ2n) is 9.40. The Morgan fingerprint density at radius 2 is 1.61 bits per heavy atom. The molecule has 0 unspecified atom stereocenters. The molecule has 38 heavy (non-hydrogen) atoms. The van der Waals surface area contributed by atoms with Crippen molar-refractivity contribution >= 4 is 58.1 Å². The van der Waals surface area contributed by atoms with Gasteiger partial charge in [-0.3, -0.25) is 9.69 Å². The molecule has 3 amide bonds. The second kappa shape index (κ2) is 10.0. The van der Waals surface area contributed by atoms with Crippen LogP contribution in [0.25, 0.3) is 5.69 Å². The van der Waals surface area contributed by atoms with Gasteiger partial charge in [-0.15, -0.1) is 0 Å². The Kier molecular flexibility index (Phi) is 6.56. The normalized spacial score (nSPS) is 16.0. The molecule has 1 saturated carbocycles. The van der Waals surface area contributed by atoms with E-state index in [2.05, 4.69) is 9.88 Å². The van der Waals surface area contributed by atoms with Crippen LogP contribution in [0.4, 0.5) is 16.2 Å². The molecule has 0 saturated heterocycles. The minimum absolute atomic E-state index is 0.0187. The molecule has 6 nitrogen and oxygen atoms in total. The first-order valence-corrected chi connectivity index (χ1v) is 13.4. The minimum Gasteiger partial charge on any atom is -0.316 e. The van der Waals surface area contributed by atoms with Crippen LogP contribution in [-0.4, -0.2) is 34.0 Å². The van der Waals surface area contributed by atoms with Crippen LogP contribution in [0.15, 0.2) is 85.1 Å². The third kappa shape index (κ3) is 4.53. The molecule has 2 aliphatic rings. The van der Waals surface area contributed by atoms with Crippen molar-refractivity contribution < 1.29 is 9.59 Å². The summed E-state index contributed by atoms with van der Waals surface area (Å²) in [5.41, 5.74) is 3.95. The van der Waals surface area contributed by atoms with Crippen LogP contribution in [0.2, 0.25) is 15.1 Å². The molecule has 1 aromatic heterocycles. The van der Waals surface area contributed by atoms with E-state index in [1.54, 1.807) is 28.0 Å². The summed E-state index contributed by atoms with van der Waals surface area (Å²) in [6, 6.07) is 23.6. The summed E-state index contributed by atoms with van der Waals surface area (Å²) in [6.07, 6.45) is 3.67. The Bertz CT molecular complexity index is 1530. The number of carbonyl (C=O) groups excluding carboxylic acids is 2. The van der Waals surface area contributed by atoms with E-state index < -0.39 is 6.04 Å². The summed E-state index contributed by atoms with van der Waals surface area (Å²) < 4.78 is 2.10. The highest BCUT2D eigenvalue weighted by atomic mass is 35.5. The van der Waals surface area contributed by atoms with Gasteiger partial charge in [0.25, 0.3) is 0 Å². The van der Waals surface area contributed by atoms with Gasteiger partial charge in [-0.05, 0) is 66.9 Å². The van der Waals surface area contributed by atoms with E-state index in [0.29, 0.717) is 15.7 Å². The summed E-state index contributed by atoms with van der Waals surface area (Å²) in [5.74, 6) is -0.191. The first kappa shape index (κ1) is 24.9. The number of urea groups is 1. The molecule has 1 aliphatic heterocycles. The monoisotopic (exact) mass is 564 g/mol. The number of carbonyl (C=O) groups is 2. The highest BCUT2D eigenvalue weighted by Gasteiger charge is 2.40. The van der Waals surface area contributed by atoms with Gasteiger partial charge in [0.1, 0.15) is 12.6 Å². The van der Waals surface area contributed by atoms with Crippen LogP contribution in [0.3, 0.4) is 0 Å². The maximum Gasteiger partial charge on any atom is 0.322 e. The number of anilines is 2. The number of nitrogens with zero attached hydrogens (tertiary/aromatic N) is 3. The molecule has 3 aromatic carbocycles. The number of rotatable bonds is 5. The van der Waals surface area contributed by atoms with Crippen molar-refractivity contribution in [3.05, 3.63) is 111 Å². The number of aromatic nitrogens is 1. The van der Waals surface area contributed by atoms with Crippen molar-refractivity contribution in [1.82, 2.24) is 9.47 Å². The smallest absolute Gasteiger partial charge is 0.316 e. The van der Waals surface area contributed by atoms with E-state index in [1.807, 2.05) is 66.9 Å². The molecule has 2 heterocycles. The fourth-order valence-electron chi connectivity index (χ4n) is 4.98. The van der Waals surface area contributed by atoms with Gasteiger partial charge in [0.05, 0.1) is 32.8 Å². The molecule has 4 aromatic rings. The van der Waals surface area contributed by atoms with Crippen LogP contribution in [-0.2, 0) is 4.79 Å². The highest BCUT2D eigenvalue weighted by molar-refractivity contribution is 6.44. The first-order valence-electron chi connectivity index (χ1n) is 12.3. The molecule has 6 rings (SSSR count). The van der Waals surface area contributed by atoms with Gasteiger partial charge in [0.2, 0.25) is 5.91 Å². The molecule has 9 heteroatoms. The zero-order chi connectivity index (χ0) is 26.4. The summed E-state index contributed by atoms with van der Waals surface area (Å²) in [6.45, 7) is -0.0895. The van der Waals surface area contributed by atoms with Crippen LogP contribution in [0, 0.1) is 0 Å². The lowest BCUT2D eigenvalue weighted by Gasteiger charge is -2.39. The van der Waals surface area contributed by atoms with Gasteiger partial charge in [0, 0.05) is 17.3 Å². The maximum absolute atomic E-state index is 14.2. The largest absolute Gasteiger partial charge is 0.322 e. The Hall–Kier alpha value is -3.45. The maximum atomic E-state index is 14.2. The van der Waals surface area contributed by atoms with Gasteiger partial charge in [-0.1, -0.05) is 65.1 Å². The first-order chi connectivity index (χ1) is 18.4. The molecule has 0 bridgehead atoms. The average Bonchev–Trinajstić information content (AvgIpc) is 3.64. The summed E-state index contributed by atoms with van der Waals surface area (Å²) in [7, 11) is 0. The Morgan fingerprint density at radius 3 is 2.34 bits per heavy atom.